The van der Waals surface area contributed by atoms with Gasteiger partial charge in [0.15, 0.2) is 0 Å². The Bertz CT molecular complexity index is 331. The molecule has 0 aromatic carbocycles. The summed E-state index contributed by atoms with van der Waals surface area (Å²) in [5.41, 5.74) is 0. The van der Waals surface area contributed by atoms with Crippen molar-refractivity contribution in [2.75, 3.05) is 18.1 Å². The maximum absolute atomic E-state index is 11.9. The molecule has 1 unspecified atom stereocenters. The van der Waals surface area contributed by atoms with Crippen LogP contribution in [0.25, 0.3) is 0 Å². The van der Waals surface area contributed by atoms with E-state index in [-0.39, 0.29) is 11.9 Å². The molecule has 0 saturated carbocycles. The van der Waals surface area contributed by atoms with Gasteiger partial charge in [0.2, 0.25) is 5.78 Å². The van der Waals surface area contributed by atoms with Crippen LogP contribution in [0.5, 0.6) is 0 Å². The maximum Gasteiger partial charge on any atom is 0.203 e. The first-order valence-electron chi connectivity index (χ1n) is 4.25. The lowest BCUT2D eigenvalue weighted by molar-refractivity contribution is 0.0522. The van der Waals surface area contributed by atoms with E-state index in [1.54, 1.807) is 11.8 Å². The third-order valence-electron chi connectivity index (χ3n) is 1.95. The third kappa shape index (κ3) is 2.21. The Hall–Kier alpha value is 0.160. The van der Waals surface area contributed by atoms with Gasteiger partial charge < -0.3 is 4.74 Å². The molecule has 2 nitrogen and oxygen atoms in total. The van der Waals surface area contributed by atoms with Gasteiger partial charge in [-0.3, -0.25) is 4.79 Å². The summed E-state index contributed by atoms with van der Waals surface area (Å²) in [5, 5.41) is 1.91. The van der Waals surface area contributed by atoms with E-state index in [0.29, 0.717) is 6.61 Å². The second-order valence-corrected chi connectivity index (χ2v) is 5.82. The normalized spacial score (nSPS) is 22.2. The largest absolute Gasteiger partial charge is 0.368 e. The molecule has 1 atom stereocenters. The minimum atomic E-state index is -0.247. The topological polar surface area (TPSA) is 26.3 Å². The van der Waals surface area contributed by atoms with E-state index in [0.717, 1.165) is 20.9 Å². The van der Waals surface area contributed by atoms with Crippen molar-refractivity contribution in [2.24, 2.45) is 0 Å². The van der Waals surface area contributed by atoms with Gasteiger partial charge >= 0.3 is 0 Å². The van der Waals surface area contributed by atoms with E-state index in [2.05, 4.69) is 15.9 Å². The van der Waals surface area contributed by atoms with Crippen LogP contribution in [0.15, 0.2) is 15.9 Å². The number of Topliss-reactive ketones (excluding diaryl/α,β-unsaturated/α-hetero) is 1. The third-order valence-corrected chi connectivity index (χ3v) is 4.80. The highest BCUT2D eigenvalue weighted by Gasteiger charge is 2.25. The number of ketones is 1. The summed E-state index contributed by atoms with van der Waals surface area (Å²) in [5.74, 6) is 1.89. The van der Waals surface area contributed by atoms with Crippen LogP contribution in [0.4, 0.5) is 0 Å². The minimum absolute atomic E-state index is 0.110. The Labute approximate surface area is 99.2 Å². The average molecular weight is 293 g/mol. The summed E-state index contributed by atoms with van der Waals surface area (Å²) in [6.45, 7) is 0.685. The van der Waals surface area contributed by atoms with Gasteiger partial charge in [-0.2, -0.15) is 11.8 Å². The summed E-state index contributed by atoms with van der Waals surface area (Å²) in [6, 6.07) is 1.90. The quantitative estimate of drug-likeness (QED) is 0.784. The molecule has 1 saturated heterocycles. The number of thiophene rings is 1. The average Bonchev–Trinajstić information content (AvgIpc) is 2.65. The number of hydrogen-bond acceptors (Lipinski definition) is 4. The van der Waals surface area contributed by atoms with Gasteiger partial charge in [0.25, 0.3) is 0 Å². The second-order valence-electron chi connectivity index (χ2n) is 2.90. The predicted molar refractivity (Wildman–Crippen MR) is 63.4 cm³/mol. The monoisotopic (exact) mass is 292 g/mol. The highest BCUT2D eigenvalue weighted by Crippen LogP contribution is 2.26. The zero-order chi connectivity index (χ0) is 9.97. The van der Waals surface area contributed by atoms with Gasteiger partial charge in [-0.15, -0.1) is 11.3 Å². The zero-order valence-electron chi connectivity index (χ0n) is 7.36. The van der Waals surface area contributed by atoms with Crippen LogP contribution in [0, 0.1) is 0 Å². The maximum atomic E-state index is 11.9. The fourth-order valence-electron chi connectivity index (χ4n) is 1.25. The number of thioether (sulfide) groups is 1. The van der Waals surface area contributed by atoms with Gasteiger partial charge in [-0.1, -0.05) is 0 Å². The number of ether oxygens (including phenoxy) is 1. The highest BCUT2D eigenvalue weighted by atomic mass is 79.9. The fourth-order valence-corrected chi connectivity index (χ4v) is 3.65. The summed E-state index contributed by atoms with van der Waals surface area (Å²) >= 11 is 6.60. The molecule has 1 aliphatic heterocycles. The molecule has 2 heterocycles. The Kier molecular flexibility index (Phi) is 3.65. The molecule has 2 rings (SSSR count). The summed E-state index contributed by atoms with van der Waals surface area (Å²) < 4.78 is 6.32. The van der Waals surface area contributed by atoms with Crippen LogP contribution in [-0.2, 0) is 4.74 Å². The first-order chi connectivity index (χ1) is 6.79. The molecular formula is C9H9BrO2S2. The molecule has 1 fully saturated rings. The molecule has 0 N–H and O–H groups in total. The molecule has 5 heteroatoms. The molecule has 0 spiro atoms. The first-order valence-corrected chi connectivity index (χ1v) is 7.08. The number of carbonyl (C=O) groups excluding carboxylic acids is 1. The SMILES string of the molecule is O=C(c1sccc1Br)C1CSCCO1. The molecule has 1 aliphatic rings. The van der Waals surface area contributed by atoms with Gasteiger partial charge in [0.05, 0.1) is 11.5 Å². The molecule has 76 valence electrons. The molecular weight excluding hydrogens is 284 g/mol. The smallest absolute Gasteiger partial charge is 0.203 e. The summed E-state index contributed by atoms with van der Waals surface area (Å²) in [6.07, 6.45) is -0.247. The van der Waals surface area contributed by atoms with Crippen molar-refractivity contribution < 1.29 is 9.53 Å². The Morgan fingerprint density at radius 2 is 2.50 bits per heavy atom. The van der Waals surface area contributed by atoms with Crippen LogP contribution in [0.2, 0.25) is 0 Å². The highest BCUT2D eigenvalue weighted by molar-refractivity contribution is 9.10. The predicted octanol–water partition coefficient (Wildman–Crippen LogP) is 2.83. The standard InChI is InChI=1S/C9H9BrO2S2/c10-6-1-3-14-9(6)8(11)7-5-13-4-2-12-7/h1,3,7H,2,4-5H2. The lowest BCUT2D eigenvalue weighted by Gasteiger charge is -2.20. The number of rotatable bonds is 2. The van der Waals surface area contributed by atoms with E-state index in [1.165, 1.54) is 11.3 Å². The minimum Gasteiger partial charge on any atom is -0.368 e. The van der Waals surface area contributed by atoms with E-state index in [4.69, 9.17) is 4.74 Å². The van der Waals surface area contributed by atoms with Gasteiger partial charge in [-0.25, -0.2) is 0 Å². The Morgan fingerprint density at radius 1 is 1.64 bits per heavy atom. The van der Waals surface area contributed by atoms with E-state index in [9.17, 15) is 4.79 Å². The molecule has 0 amide bonds. The van der Waals surface area contributed by atoms with Gasteiger partial charge in [0, 0.05) is 16.0 Å². The molecule has 0 aliphatic carbocycles. The van der Waals surface area contributed by atoms with E-state index in [1.807, 2.05) is 11.4 Å². The fraction of sp³-hybridized carbons (Fsp3) is 0.444. The molecule has 0 bridgehead atoms. The molecule has 0 radical (unpaired) electrons. The lowest BCUT2D eigenvalue weighted by atomic mass is 10.2. The van der Waals surface area contributed by atoms with Gasteiger partial charge in [-0.05, 0) is 27.4 Å². The number of halogens is 1. The number of hydrogen-bond donors (Lipinski definition) is 0. The van der Waals surface area contributed by atoms with E-state index < -0.39 is 0 Å². The Balaban J connectivity index is 2.11. The van der Waals surface area contributed by atoms with Crippen LogP contribution < -0.4 is 0 Å². The van der Waals surface area contributed by atoms with Crippen LogP contribution >= 0.6 is 39.0 Å². The van der Waals surface area contributed by atoms with Crippen molar-refractivity contribution >= 4 is 44.8 Å². The van der Waals surface area contributed by atoms with Crippen molar-refractivity contribution in [1.29, 1.82) is 0 Å². The van der Waals surface area contributed by atoms with Crippen LogP contribution in [0.3, 0.4) is 0 Å². The van der Waals surface area contributed by atoms with Crippen molar-refractivity contribution in [3.63, 3.8) is 0 Å². The van der Waals surface area contributed by atoms with Gasteiger partial charge in [0.1, 0.15) is 6.10 Å². The molecule has 1 aromatic rings. The Morgan fingerprint density at radius 3 is 3.07 bits per heavy atom. The second kappa shape index (κ2) is 4.79. The number of carbonyl (C=O) groups is 1. The summed E-state index contributed by atoms with van der Waals surface area (Å²) in [4.78, 5) is 12.7. The van der Waals surface area contributed by atoms with Crippen LogP contribution in [-0.4, -0.2) is 30.0 Å². The van der Waals surface area contributed by atoms with Crippen molar-refractivity contribution in [3.8, 4) is 0 Å². The summed E-state index contributed by atoms with van der Waals surface area (Å²) in [7, 11) is 0. The lowest BCUT2D eigenvalue weighted by Crippen LogP contribution is -2.31. The van der Waals surface area contributed by atoms with Crippen molar-refractivity contribution in [3.05, 3.63) is 20.8 Å². The van der Waals surface area contributed by atoms with E-state index >= 15 is 0 Å². The van der Waals surface area contributed by atoms with Crippen molar-refractivity contribution in [1.82, 2.24) is 0 Å². The molecule has 1 aromatic heterocycles. The van der Waals surface area contributed by atoms with Crippen molar-refractivity contribution in [2.45, 2.75) is 6.10 Å². The first kappa shape index (κ1) is 10.7. The zero-order valence-corrected chi connectivity index (χ0v) is 10.6. The molecule has 14 heavy (non-hydrogen) atoms. The van der Waals surface area contributed by atoms with Crippen LogP contribution in [0.1, 0.15) is 9.67 Å².